The molecule has 2 aromatic carbocycles. The highest BCUT2D eigenvalue weighted by molar-refractivity contribution is 6.43. The van der Waals surface area contributed by atoms with Gasteiger partial charge in [-0.1, -0.05) is 23.8 Å². The fourth-order valence-electron chi connectivity index (χ4n) is 6.78. The molecule has 43 heavy (non-hydrogen) atoms. The molecule has 2 amide bonds. The van der Waals surface area contributed by atoms with Crippen molar-refractivity contribution in [2.75, 3.05) is 16.8 Å². The number of nitrogens with zero attached hydrogens (tertiary/aromatic N) is 1. The van der Waals surface area contributed by atoms with Gasteiger partial charge in [-0.3, -0.25) is 14.5 Å². The molecule has 10 heteroatoms. The van der Waals surface area contributed by atoms with Crippen molar-refractivity contribution in [3.63, 3.8) is 0 Å². The van der Waals surface area contributed by atoms with Gasteiger partial charge in [0.25, 0.3) is 0 Å². The Bertz CT molecular complexity index is 1550. The van der Waals surface area contributed by atoms with E-state index in [1.165, 1.54) is 4.90 Å². The molecule has 4 atom stereocenters. The van der Waals surface area contributed by atoms with Crippen molar-refractivity contribution in [2.24, 2.45) is 17.8 Å². The number of furan rings is 1. The first-order valence-electron chi connectivity index (χ1n) is 14.7. The SMILES string of the molecule is C/C(=C\c1ccc(CO)o1)CC[C@H]1OB(O)C[C@H]2C1=C(CO)C[C@H]1C(=O)N(c3ccc(Nc4ccccc4)cc3)C(=O)[C@H]12. The number of carbonyl (C=O) groups is 2. The Hall–Kier alpha value is -3.96. The van der Waals surface area contributed by atoms with Gasteiger partial charge in [-0.25, -0.2) is 0 Å². The van der Waals surface area contributed by atoms with Crippen LogP contribution in [0.4, 0.5) is 17.1 Å². The second kappa shape index (κ2) is 12.3. The minimum Gasteiger partial charge on any atom is -0.459 e. The number of amides is 2. The summed E-state index contributed by atoms with van der Waals surface area (Å²) in [6.07, 6.45) is 3.02. The maximum atomic E-state index is 13.9. The van der Waals surface area contributed by atoms with Gasteiger partial charge in [0.15, 0.2) is 0 Å². The number of rotatable bonds is 9. The molecule has 0 bridgehead atoms. The molecule has 1 aliphatic carbocycles. The summed E-state index contributed by atoms with van der Waals surface area (Å²) in [5.74, 6) is -1.06. The van der Waals surface area contributed by atoms with Gasteiger partial charge in [0.1, 0.15) is 18.1 Å². The summed E-state index contributed by atoms with van der Waals surface area (Å²) in [5, 5.41) is 33.7. The normalized spacial score (nSPS) is 24.0. The molecule has 0 spiro atoms. The number of imide groups is 1. The Kier molecular flexibility index (Phi) is 8.36. The van der Waals surface area contributed by atoms with Gasteiger partial charge in [-0.2, -0.15) is 0 Å². The standard InChI is InChI=1S/C33H35BN2O7/c1-20(15-25-12-13-26(19-38)42-25)7-14-29-30-21(18-37)16-27-31(28(30)17-34(41)43-29)33(40)36(32(27)39)24-10-8-23(9-11-24)35-22-5-3-2-4-6-22/h2-6,8-13,15,27-29,31,35,37-38,41H,7,14,16-19H2,1H3/b20-15+/t27-,28+,29-,31-/m1/s1. The van der Waals surface area contributed by atoms with Crippen LogP contribution in [-0.2, 0) is 20.9 Å². The molecule has 0 unspecified atom stereocenters. The summed E-state index contributed by atoms with van der Waals surface area (Å²) < 4.78 is 11.5. The summed E-state index contributed by atoms with van der Waals surface area (Å²) in [6, 6.07) is 20.4. The summed E-state index contributed by atoms with van der Waals surface area (Å²) >= 11 is 0. The first kappa shape index (κ1) is 29.1. The molecule has 3 aromatic rings. The summed E-state index contributed by atoms with van der Waals surface area (Å²) in [5.41, 5.74) is 4.84. The molecular formula is C33H35BN2O7. The third kappa shape index (κ3) is 5.83. The Balaban J connectivity index is 1.21. The number of carbonyl (C=O) groups excluding carboxylic acids is 2. The molecule has 3 heterocycles. The number of hydrogen-bond acceptors (Lipinski definition) is 8. The third-order valence-electron chi connectivity index (χ3n) is 8.71. The van der Waals surface area contributed by atoms with Gasteiger partial charge in [-0.15, -0.1) is 0 Å². The average molecular weight is 582 g/mol. The highest BCUT2D eigenvalue weighted by atomic mass is 16.5. The molecular weight excluding hydrogens is 547 g/mol. The predicted molar refractivity (Wildman–Crippen MR) is 163 cm³/mol. The first-order valence-corrected chi connectivity index (χ1v) is 14.7. The lowest BCUT2D eigenvalue weighted by Gasteiger charge is -2.42. The summed E-state index contributed by atoms with van der Waals surface area (Å²) in [7, 11) is -1.08. The van der Waals surface area contributed by atoms with Gasteiger partial charge < -0.3 is 29.6 Å². The predicted octanol–water partition coefficient (Wildman–Crippen LogP) is 4.69. The molecule has 9 nitrogen and oxygen atoms in total. The van der Waals surface area contributed by atoms with Crippen LogP contribution in [0.2, 0.25) is 6.32 Å². The highest BCUT2D eigenvalue weighted by Gasteiger charge is 2.57. The van der Waals surface area contributed by atoms with E-state index in [0.717, 1.165) is 22.5 Å². The van der Waals surface area contributed by atoms with E-state index in [2.05, 4.69) is 5.32 Å². The zero-order valence-electron chi connectivity index (χ0n) is 24.0. The summed E-state index contributed by atoms with van der Waals surface area (Å²) in [6.45, 7) is 1.56. The monoisotopic (exact) mass is 582 g/mol. The van der Waals surface area contributed by atoms with E-state index < -0.39 is 31.0 Å². The smallest absolute Gasteiger partial charge is 0.455 e. The van der Waals surface area contributed by atoms with Crippen LogP contribution >= 0.6 is 0 Å². The number of fused-ring (bicyclic) bond motifs is 3. The number of benzene rings is 2. The van der Waals surface area contributed by atoms with Crippen LogP contribution in [0.15, 0.2) is 87.9 Å². The minimum absolute atomic E-state index is 0.169. The van der Waals surface area contributed by atoms with Crippen LogP contribution in [0.25, 0.3) is 6.08 Å². The quantitative estimate of drug-likeness (QED) is 0.162. The van der Waals surface area contributed by atoms with Crippen LogP contribution in [0, 0.1) is 17.8 Å². The van der Waals surface area contributed by atoms with Crippen molar-refractivity contribution >= 4 is 42.1 Å². The molecule has 6 rings (SSSR count). The lowest BCUT2D eigenvalue weighted by molar-refractivity contribution is -0.122. The molecule has 2 aliphatic heterocycles. The molecule has 0 saturated carbocycles. The molecule has 4 N–H and O–H groups in total. The van der Waals surface area contributed by atoms with Crippen molar-refractivity contribution in [3.05, 3.63) is 95.0 Å². The molecule has 1 aromatic heterocycles. The molecule has 2 fully saturated rings. The van der Waals surface area contributed by atoms with Crippen LogP contribution in [0.3, 0.4) is 0 Å². The van der Waals surface area contributed by atoms with Crippen molar-refractivity contribution in [1.82, 2.24) is 0 Å². The summed E-state index contributed by atoms with van der Waals surface area (Å²) in [4.78, 5) is 28.9. The second-order valence-electron chi connectivity index (χ2n) is 11.5. The lowest BCUT2D eigenvalue weighted by Crippen LogP contribution is -2.46. The van der Waals surface area contributed by atoms with Gasteiger partial charge >= 0.3 is 7.12 Å². The molecule has 2 saturated heterocycles. The van der Waals surface area contributed by atoms with Crippen LogP contribution in [-0.4, -0.2) is 46.9 Å². The average Bonchev–Trinajstić information content (AvgIpc) is 3.57. The number of anilines is 3. The molecule has 3 aliphatic rings. The van der Waals surface area contributed by atoms with E-state index in [9.17, 15) is 24.8 Å². The number of nitrogens with one attached hydrogen (secondary N) is 1. The Labute approximate surface area is 250 Å². The van der Waals surface area contributed by atoms with E-state index >= 15 is 0 Å². The fourth-order valence-corrected chi connectivity index (χ4v) is 6.78. The maximum Gasteiger partial charge on any atom is 0.455 e. The van der Waals surface area contributed by atoms with E-state index in [4.69, 9.17) is 9.07 Å². The number of aliphatic hydroxyl groups excluding tert-OH is 2. The topological polar surface area (TPSA) is 132 Å². The third-order valence-corrected chi connectivity index (χ3v) is 8.71. The van der Waals surface area contributed by atoms with Crippen molar-refractivity contribution in [3.8, 4) is 0 Å². The number of allylic oxidation sites excluding steroid dienone is 1. The van der Waals surface area contributed by atoms with E-state index in [1.807, 2.05) is 55.5 Å². The fraction of sp³-hybridized carbons (Fsp3) is 0.333. The second-order valence-corrected chi connectivity index (χ2v) is 11.5. The minimum atomic E-state index is -1.08. The first-order chi connectivity index (χ1) is 20.9. The van der Waals surface area contributed by atoms with Gasteiger partial charge in [0.2, 0.25) is 11.8 Å². The van der Waals surface area contributed by atoms with Crippen LogP contribution in [0.1, 0.15) is 37.7 Å². The van der Waals surface area contributed by atoms with Crippen molar-refractivity contribution < 1.29 is 33.9 Å². The molecule has 222 valence electrons. The van der Waals surface area contributed by atoms with Gasteiger partial charge in [0.05, 0.1) is 30.2 Å². The Morgan fingerprint density at radius 1 is 0.977 bits per heavy atom. The number of para-hydroxylation sites is 1. The zero-order valence-corrected chi connectivity index (χ0v) is 24.0. The van der Waals surface area contributed by atoms with E-state index in [1.54, 1.807) is 24.3 Å². The Morgan fingerprint density at radius 3 is 2.42 bits per heavy atom. The van der Waals surface area contributed by atoms with E-state index in [-0.39, 0.29) is 37.8 Å². The molecule has 0 radical (unpaired) electrons. The van der Waals surface area contributed by atoms with E-state index in [0.29, 0.717) is 35.6 Å². The van der Waals surface area contributed by atoms with Crippen molar-refractivity contribution in [2.45, 2.75) is 45.2 Å². The number of aliphatic hydroxyl groups is 2. The Morgan fingerprint density at radius 2 is 1.72 bits per heavy atom. The number of hydrogen-bond donors (Lipinski definition) is 4. The highest BCUT2D eigenvalue weighted by Crippen LogP contribution is 2.51. The largest absolute Gasteiger partial charge is 0.459 e. The van der Waals surface area contributed by atoms with Crippen LogP contribution < -0.4 is 10.2 Å². The van der Waals surface area contributed by atoms with Gasteiger partial charge in [0, 0.05) is 11.4 Å². The zero-order chi connectivity index (χ0) is 30.1. The van der Waals surface area contributed by atoms with Crippen molar-refractivity contribution in [1.29, 1.82) is 0 Å². The lowest BCUT2D eigenvalue weighted by atomic mass is 9.58. The maximum absolute atomic E-state index is 13.9. The van der Waals surface area contributed by atoms with Gasteiger partial charge in [-0.05, 0) is 104 Å². The van der Waals surface area contributed by atoms with Crippen LogP contribution in [0.5, 0.6) is 0 Å².